The third kappa shape index (κ3) is 7.85. The highest BCUT2D eigenvalue weighted by Crippen LogP contribution is 1.99. The van der Waals surface area contributed by atoms with E-state index >= 15 is 0 Å². The molecule has 0 atom stereocenters. The van der Waals surface area contributed by atoms with Crippen LogP contribution in [0.1, 0.15) is 32.6 Å². The third-order valence-electron chi connectivity index (χ3n) is 1.37. The van der Waals surface area contributed by atoms with E-state index in [-0.39, 0.29) is 5.97 Å². The molecule has 2 nitrogen and oxygen atoms in total. The van der Waals surface area contributed by atoms with Crippen molar-refractivity contribution in [2.75, 3.05) is 11.9 Å². The molecule has 0 N–H and O–H groups in total. The topological polar surface area (TPSA) is 26.3 Å². The quantitative estimate of drug-likeness (QED) is 0.393. The number of ether oxygens (including phenoxy) is 1. The molecule has 0 aromatic rings. The summed E-state index contributed by atoms with van der Waals surface area (Å²) in [6.45, 7) is 2.73. The predicted molar refractivity (Wildman–Crippen MR) is 48.9 cm³/mol. The molecule has 0 rings (SSSR count). The summed E-state index contributed by atoms with van der Waals surface area (Å²) in [6, 6.07) is 0. The number of hydrogen-bond acceptors (Lipinski definition) is 2. The van der Waals surface area contributed by atoms with E-state index in [9.17, 15) is 4.79 Å². The van der Waals surface area contributed by atoms with Crippen molar-refractivity contribution in [1.82, 2.24) is 0 Å². The predicted octanol–water partition coefficient (Wildman–Crippen LogP) is 2.50. The van der Waals surface area contributed by atoms with Gasteiger partial charge < -0.3 is 4.74 Å². The van der Waals surface area contributed by atoms with Crippen molar-refractivity contribution in [3.05, 3.63) is 0 Å². The van der Waals surface area contributed by atoms with E-state index in [0.717, 1.165) is 12.8 Å². The Balaban J connectivity index is 2.95. The summed E-state index contributed by atoms with van der Waals surface area (Å²) in [5.74, 6) is -0.165. The number of unbranched alkanes of at least 4 members (excludes halogenated alkanes) is 3. The van der Waals surface area contributed by atoms with Gasteiger partial charge >= 0.3 is 5.97 Å². The van der Waals surface area contributed by atoms with Gasteiger partial charge in [-0.05, 0) is 6.42 Å². The molecule has 0 aliphatic rings. The van der Waals surface area contributed by atoms with E-state index in [4.69, 9.17) is 4.74 Å². The van der Waals surface area contributed by atoms with Crippen molar-refractivity contribution in [2.24, 2.45) is 0 Å². The summed E-state index contributed by atoms with van der Waals surface area (Å²) < 4.78 is 4.85. The van der Waals surface area contributed by atoms with Crippen LogP contribution < -0.4 is 0 Å². The highest BCUT2D eigenvalue weighted by atomic mass is 79.9. The van der Waals surface area contributed by atoms with Crippen molar-refractivity contribution in [2.45, 2.75) is 32.6 Å². The summed E-state index contributed by atoms with van der Waals surface area (Å²) in [4.78, 5) is 10.6. The van der Waals surface area contributed by atoms with Gasteiger partial charge in [0.1, 0.15) is 5.33 Å². The average Bonchev–Trinajstić information content (AvgIpc) is 2.04. The fraction of sp³-hybridized carbons (Fsp3) is 0.875. The Kier molecular flexibility index (Phi) is 8.01. The Hall–Kier alpha value is -0.0500. The Morgan fingerprint density at radius 3 is 2.64 bits per heavy atom. The third-order valence-corrected chi connectivity index (χ3v) is 1.83. The molecule has 0 aliphatic carbocycles. The molecule has 66 valence electrons. The van der Waals surface area contributed by atoms with Crippen LogP contribution in [0.3, 0.4) is 0 Å². The van der Waals surface area contributed by atoms with Gasteiger partial charge in [0.15, 0.2) is 0 Å². The average molecular weight is 223 g/mol. The van der Waals surface area contributed by atoms with Gasteiger partial charge in [0.25, 0.3) is 0 Å². The molecule has 0 saturated heterocycles. The first-order valence-corrected chi connectivity index (χ1v) is 5.15. The van der Waals surface area contributed by atoms with Crippen LogP contribution in [0.25, 0.3) is 0 Å². The maximum Gasteiger partial charge on any atom is 0.316 e. The molecule has 0 fully saturated rings. The number of esters is 1. The summed E-state index contributed by atoms with van der Waals surface area (Å²) in [5, 5.41) is 0.306. The maximum absolute atomic E-state index is 10.6. The van der Waals surface area contributed by atoms with Crippen LogP contribution in [0.15, 0.2) is 0 Å². The van der Waals surface area contributed by atoms with Gasteiger partial charge in [0.05, 0.1) is 6.61 Å². The van der Waals surface area contributed by atoms with Crippen LogP contribution in [0.2, 0.25) is 0 Å². The molecular formula is C8H15BrO2. The molecule has 0 spiro atoms. The normalized spacial score (nSPS) is 9.64. The lowest BCUT2D eigenvalue weighted by Crippen LogP contribution is -2.06. The van der Waals surface area contributed by atoms with Crippen LogP contribution in [0.5, 0.6) is 0 Å². The largest absolute Gasteiger partial charge is 0.465 e. The number of halogens is 1. The van der Waals surface area contributed by atoms with Crippen molar-refractivity contribution in [1.29, 1.82) is 0 Å². The fourth-order valence-electron chi connectivity index (χ4n) is 0.753. The van der Waals surface area contributed by atoms with Gasteiger partial charge in [0.2, 0.25) is 0 Å². The fourth-order valence-corrected chi connectivity index (χ4v) is 0.915. The SMILES string of the molecule is CCCCCCOC(=O)CBr. The summed E-state index contributed by atoms with van der Waals surface area (Å²) >= 11 is 3.02. The highest BCUT2D eigenvalue weighted by molar-refractivity contribution is 9.09. The second-order valence-corrected chi connectivity index (χ2v) is 2.98. The van der Waals surface area contributed by atoms with Gasteiger partial charge in [-0.25, -0.2) is 0 Å². The molecule has 0 aliphatic heterocycles. The van der Waals surface area contributed by atoms with E-state index in [1.807, 2.05) is 0 Å². The lowest BCUT2D eigenvalue weighted by molar-refractivity contribution is -0.140. The zero-order valence-corrected chi connectivity index (χ0v) is 8.52. The Morgan fingerprint density at radius 1 is 1.36 bits per heavy atom. The van der Waals surface area contributed by atoms with Gasteiger partial charge in [-0.15, -0.1) is 0 Å². The number of carbonyl (C=O) groups excluding carboxylic acids is 1. The van der Waals surface area contributed by atoms with Gasteiger partial charge in [-0.1, -0.05) is 42.1 Å². The van der Waals surface area contributed by atoms with E-state index in [0.29, 0.717) is 11.9 Å². The first-order chi connectivity index (χ1) is 5.31. The summed E-state index contributed by atoms with van der Waals surface area (Å²) in [5.41, 5.74) is 0. The molecule has 0 aromatic carbocycles. The first-order valence-electron chi connectivity index (χ1n) is 4.02. The lowest BCUT2D eigenvalue weighted by atomic mass is 10.2. The monoisotopic (exact) mass is 222 g/mol. The van der Waals surface area contributed by atoms with Gasteiger partial charge in [-0.3, -0.25) is 4.79 Å². The first kappa shape index (κ1) is 11.0. The van der Waals surface area contributed by atoms with Gasteiger partial charge in [0, 0.05) is 0 Å². The standard InChI is InChI=1S/C8H15BrO2/c1-2-3-4-5-6-11-8(10)7-9/h2-7H2,1H3. The van der Waals surface area contributed by atoms with Crippen LogP contribution in [-0.4, -0.2) is 17.9 Å². The zero-order valence-electron chi connectivity index (χ0n) is 6.94. The number of alkyl halides is 1. The highest BCUT2D eigenvalue weighted by Gasteiger charge is 1.97. The van der Waals surface area contributed by atoms with Crippen LogP contribution in [0, 0.1) is 0 Å². The molecule has 0 saturated carbocycles. The van der Waals surface area contributed by atoms with E-state index in [1.54, 1.807) is 0 Å². The van der Waals surface area contributed by atoms with Crippen molar-refractivity contribution < 1.29 is 9.53 Å². The van der Waals surface area contributed by atoms with E-state index in [1.165, 1.54) is 12.8 Å². The van der Waals surface area contributed by atoms with Crippen LogP contribution in [-0.2, 0) is 9.53 Å². The van der Waals surface area contributed by atoms with Crippen LogP contribution >= 0.6 is 15.9 Å². The zero-order chi connectivity index (χ0) is 8.53. The molecule has 0 aromatic heterocycles. The smallest absolute Gasteiger partial charge is 0.316 e. The van der Waals surface area contributed by atoms with Crippen molar-refractivity contribution in [3.63, 3.8) is 0 Å². The van der Waals surface area contributed by atoms with E-state index < -0.39 is 0 Å². The van der Waals surface area contributed by atoms with E-state index in [2.05, 4.69) is 22.9 Å². The maximum atomic E-state index is 10.6. The Morgan fingerprint density at radius 2 is 2.09 bits per heavy atom. The summed E-state index contributed by atoms with van der Waals surface area (Å²) in [7, 11) is 0. The molecule has 0 heterocycles. The van der Waals surface area contributed by atoms with Crippen molar-refractivity contribution in [3.8, 4) is 0 Å². The second kappa shape index (κ2) is 8.05. The lowest BCUT2D eigenvalue weighted by Gasteiger charge is -2.00. The molecule has 0 unspecified atom stereocenters. The van der Waals surface area contributed by atoms with Crippen LogP contribution in [0.4, 0.5) is 0 Å². The van der Waals surface area contributed by atoms with Crippen molar-refractivity contribution >= 4 is 21.9 Å². The number of hydrogen-bond donors (Lipinski definition) is 0. The number of carbonyl (C=O) groups is 1. The molecular weight excluding hydrogens is 208 g/mol. The molecule has 0 bridgehead atoms. The minimum Gasteiger partial charge on any atom is -0.465 e. The Labute approximate surface area is 76.4 Å². The molecule has 0 amide bonds. The summed E-state index contributed by atoms with van der Waals surface area (Å²) in [6.07, 6.45) is 4.59. The molecule has 0 radical (unpaired) electrons. The second-order valence-electron chi connectivity index (χ2n) is 2.41. The Bertz CT molecular complexity index is 104. The molecule has 11 heavy (non-hydrogen) atoms. The minimum absolute atomic E-state index is 0.165. The van der Waals surface area contributed by atoms with Gasteiger partial charge in [-0.2, -0.15) is 0 Å². The number of rotatable bonds is 6. The minimum atomic E-state index is -0.165. The molecule has 3 heteroatoms.